The average Bonchev–Trinajstić information content (AvgIpc) is 3.31. The molecule has 1 amide bonds. The molecule has 4 nitrogen and oxygen atoms in total. The Morgan fingerprint density at radius 1 is 1.29 bits per heavy atom. The average molecular weight is 423 g/mol. The minimum Gasteiger partial charge on any atom is -0.384 e. The molecule has 3 heterocycles. The number of carbonyl (C=O) groups is 1. The molecule has 2 aromatic heterocycles. The number of thiazole rings is 1. The Hall–Kier alpha value is -1.28. The Bertz CT molecular complexity index is 858. The number of rotatable bonds is 3. The molecule has 2 atom stereocenters. The van der Waals surface area contributed by atoms with Gasteiger partial charge in [-0.05, 0) is 53.0 Å². The quantitative estimate of drug-likeness (QED) is 0.677. The van der Waals surface area contributed by atoms with Crippen LogP contribution in [0.4, 0.5) is 0 Å². The van der Waals surface area contributed by atoms with E-state index < -0.39 is 6.10 Å². The third kappa shape index (κ3) is 2.90. The molecule has 1 saturated heterocycles. The third-order valence-electron chi connectivity index (χ3n) is 4.27. The molecule has 7 heteroatoms. The Kier molecular flexibility index (Phi) is 4.42. The lowest BCUT2D eigenvalue weighted by Gasteiger charge is -2.27. The zero-order chi connectivity index (χ0) is 16.7. The minimum atomic E-state index is -0.739. The highest BCUT2D eigenvalue weighted by Crippen LogP contribution is 2.35. The number of aliphatic hydroxyl groups excluding tert-OH is 1. The summed E-state index contributed by atoms with van der Waals surface area (Å²) in [6.07, 6.45) is 0.970. The van der Waals surface area contributed by atoms with Crippen LogP contribution in [-0.4, -0.2) is 33.5 Å². The van der Waals surface area contributed by atoms with Gasteiger partial charge in [0.05, 0.1) is 24.9 Å². The molecule has 3 aromatic rings. The Balaban J connectivity index is 1.60. The highest BCUT2D eigenvalue weighted by atomic mass is 79.9. The predicted octanol–water partition coefficient (Wildman–Crippen LogP) is 4.46. The molecule has 24 heavy (non-hydrogen) atoms. The monoisotopic (exact) mass is 422 g/mol. The van der Waals surface area contributed by atoms with Crippen molar-refractivity contribution < 1.29 is 9.90 Å². The summed E-state index contributed by atoms with van der Waals surface area (Å²) >= 11 is 6.33. The molecule has 0 bridgehead atoms. The van der Waals surface area contributed by atoms with Gasteiger partial charge in [-0.2, -0.15) is 0 Å². The van der Waals surface area contributed by atoms with Crippen molar-refractivity contribution in [2.45, 2.75) is 25.0 Å². The van der Waals surface area contributed by atoms with Crippen molar-refractivity contribution in [3.8, 4) is 0 Å². The number of likely N-dealkylation sites (tertiary alicyclic amines) is 1. The molecule has 1 aromatic carbocycles. The first-order valence-electron chi connectivity index (χ1n) is 7.73. The SMILES string of the molecule is O=C(c1ccc(Br)s1)N1CCC[C@@H]1[C@H](O)c1nc2ccccc2s1. The van der Waals surface area contributed by atoms with E-state index in [2.05, 4.69) is 20.9 Å². The first kappa shape index (κ1) is 16.2. The van der Waals surface area contributed by atoms with Gasteiger partial charge in [0.25, 0.3) is 5.91 Å². The number of thiophene rings is 1. The van der Waals surface area contributed by atoms with Gasteiger partial charge in [-0.3, -0.25) is 4.79 Å². The Labute approximate surface area is 155 Å². The van der Waals surface area contributed by atoms with E-state index in [0.29, 0.717) is 16.4 Å². The lowest BCUT2D eigenvalue weighted by Crippen LogP contribution is -2.38. The number of hydrogen-bond acceptors (Lipinski definition) is 5. The zero-order valence-corrected chi connectivity index (χ0v) is 15.9. The van der Waals surface area contributed by atoms with Gasteiger partial charge in [-0.25, -0.2) is 4.98 Å². The van der Waals surface area contributed by atoms with Crippen LogP contribution in [0.2, 0.25) is 0 Å². The van der Waals surface area contributed by atoms with E-state index in [1.807, 2.05) is 36.4 Å². The zero-order valence-electron chi connectivity index (χ0n) is 12.7. The van der Waals surface area contributed by atoms with Gasteiger partial charge in [0.1, 0.15) is 11.1 Å². The fraction of sp³-hybridized carbons (Fsp3) is 0.294. The van der Waals surface area contributed by atoms with Crippen molar-refractivity contribution in [1.82, 2.24) is 9.88 Å². The summed E-state index contributed by atoms with van der Waals surface area (Å²) in [5, 5.41) is 11.5. The van der Waals surface area contributed by atoms with Crippen LogP contribution in [0.15, 0.2) is 40.2 Å². The van der Waals surface area contributed by atoms with Crippen LogP contribution in [0.1, 0.15) is 33.6 Å². The molecule has 0 radical (unpaired) electrons. The minimum absolute atomic E-state index is 0.00615. The first-order chi connectivity index (χ1) is 11.6. The van der Waals surface area contributed by atoms with Gasteiger partial charge in [-0.15, -0.1) is 22.7 Å². The summed E-state index contributed by atoms with van der Waals surface area (Å²) in [4.78, 5) is 19.8. The Morgan fingerprint density at radius 2 is 2.12 bits per heavy atom. The van der Waals surface area contributed by atoms with Gasteiger partial charge in [0.2, 0.25) is 0 Å². The standard InChI is InChI=1S/C17H15BrN2O2S2/c18-14-8-7-13(23-14)17(22)20-9-3-5-11(20)15(21)16-19-10-4-1-2-6-12(10)24-16/h1-2,4,6-8,11,15,21H,3,5,9H2/t11-,15+/m1/s1. The second kappa shape index (κ2) is 6.55. The second-order valence-electron chi connectivity index (χ2n) is 5.78. The van der Waals surface area contributed by atoms with E-state index in [9.17, 15) is 9.90 Å². The van der Waals surface area contributed by atoms with Crippen LogP contribution in [0.5, 0.6) is 0 Å². The smallest absolute Gasteiger partial charge is 0.264 e. The van der Waals surface area contributed by atoms with Crippen LogP contribution in [0.25, 0.3) is 10.2 Å². The predicted molar refractivity (Wildman–Crippen MR) is 101 cm³/mol. The van der Waals surface area contributed by atoms with Crippen molar-refractivity contribution in [2.24, 2.45) is 0 Å². The lowest BCUT2D eigenvalue weighted by molar-refractivity contribution is 0.0490. The van der Waals surface area contributed by atoms with Gasteiger partial charge >= 0.3 is 0 Å². The van der Waals surface area contributed by atoms with Crippen molar-refractivity contribution in [3.63, 3.8) is 0 Å². The largest absolute Gasteiger partial charge is 0.384 e. The van der Waals surface area contributed by atoms with Crippen LogP contribution in [0, 0.1) is 0 Å². The lowest BCUT2D eigenvalue weighted by atomic mass is 10.1. The van der Waals surface area contributed by atoms with Crippen molar-refractivity contribution in [1.29, 1.82) is 0 Å². The Morgan fingerprint density at radius 3 is 2.88 bits per heavy atom. The van der Waals surface area contributed by atoms with Crippen molar-refractivity contribution in [2.75, 3.05) is 6.54 Å². The van der Waals surface area contributed by atoms with E-state index in [1.165, 1.54) is 22.7 Å². The number of halogens is 1. The molecule has 0 aliphatic carbocycles. The molecule has 0 saturated carbocycles. The van der Waals surface area contributed by atoms with E-state index in [-0.39, 0.29) is 11.9 Å². The normalized spacial score (nSPS) is 19.1. The summed E-state index contributed by atoms with van der Waals surface area (Å²) < 4.78 is 2.00. The summed E-state index contributed by atoms with van der Waals surface area (Å²) in [6.45, 7) is 0.682. The van der Waals surface area contributed by atoms with Crippen LogP contribution < -0.4 is 0 Å². The molecule has 1 N–H and O–H groups in total. The molecule has 4 rings (SSSR count). The fourth-order valence-corrected chi connectivity index (χ4v) is 5.48. The highest BCUT2D eigenvalue weighted by Gasteiger charge is 2.36. The summed E-state index contributed by atoms with van der Waals surface area (Å²) in [6, 6.07) is 11.4. The summed E-state index contributed by atoms with van der Waals surface area (Å²) in [7, 11) is 0. The van der Waals surface area contributed by atoms with Gasteiger partial charge in [0, 0.05) is 6.54 Å². The van der Waals surface area contributed by atoms with Gasteiger partial charge < -0.3 is 10.0 Å². The summed E-state index contributed by atoms with van der Waals surface area (Å²) in [5.41, 5.74) is 0.898. The van der Waals surface area contributed by atoms with E-state index in [0.717, 1.165) is 26.8 Å². The topological polar surface area (TPSA) is 53.4 Å². The van der Waals surface area contributed by atoms with Crippen molar-refractivity contribution in [3.05, 3.63) is 50.1 Å². The van der Waals surface area contributed by atoms with E-state index in [1.54, 1.807) is 4.90 Å². The highest BCUT2D eigenvalue weighted by molar-refractivity contribution is 9.11. The number of hydrogen-bond donors (Lipinski definition) is 1. The maximum absolute atomic E-state index is 12.8. The molecule has 124 valence electrons. The van der Waals surface area contributed by atoms with E-state index >= 15 is 0 Å². The maximum Gasteiger partial charge on any atom is 0.264 e. The molecule has 0 spiro atoms. The molecule has 0 unspecified atom stereocenters. The van der Waals surface area contributed by atoms with E-state index in [4.69, 9.17) is 0 Å². The van der Waals surface area contributed by atoms with Crippen LogP contribution in [-0.2, 0) is 0 Å². The number of amides is 1. The second-order valence-corrected chi connectivity index (χ2v) is 9.30. The molecule has 1 aliphatic rings. The van der Waals surface area contributed by atoms with Crippen LogP contribution >= 0.6 is 38.6 Å². The third-order valence-corrected chi connectivity index (χ3v) is 6.99. The van der Waals surface area contributed by atoms with Gasteiger partial charge in [0.15, 0.2) is 0 Å². The van der Waals surface area contributed by atoms with Crippen LogP contribution in [0.3, 0.4) is 0 Å². The summed E-state index contributed by atoms with van der Waals surface area (Å²) in [5.74, 6) is -0.00615. The number of nitrogens with zero attached hydrogens (tertiary/aromatic N) is 2. The number of aliphatic hydroxyl groups is 1. The number of fused-ring (bicyclic) bond motifs is 1. The number of aromatic nitrogens is 1. The van der Waals surface area contributed by atoms with Gasteiger partial charge in [-0.1, -0.05) is 12.1 Å². The maximum atomic E-state index is 12.8. The number of para-hydroxylation sites is 1. The van der Waals surface area contributed by atoms with Crippen molar-refractivity contribution >= 4 is 54.7 Å². The molecular formula is C17H15BrN2O2S2. The number of benzene rings is 1. The molecule has 1 fully saturated rings. The molecular weight excluding hydrogens is 408 g/mol. The number of carbonyl (C=O) groups excluding carboxylic acids is 1. The first-order valence-corrected chi connectivity index (χ1v) is 10.2. The molecule has 1 aliphatic heterocycles. The fourth-order valence-electron chi connectivity index (χ4n) is 3.12.